The molecule has 2 aromatic heterocycles. The molecule has 0 aliphatic heterocycles. The molecule has 0 spiro atoms. The summed E-state index contributed by atoms with van der Waals surface area (Å²) in [7, 11) is 0. The monoisotopic (exact) mass is 462 g/mol. The molecule has 0 atom stereocenters. The summed E-state index contributed by atoms with van der Waals surface area (Å²) in [5.74, 6) is -1.42. The van der Waals surface area contributed by atoms with Gasteiger partial charge in [-0.05, 0) is 49.4 Å². The van der Waals surface area contributed by atoms with E-state index < -0.39 is 23.3 Å². The number of pyridine rings is 1. The molecule has 31 heavy (non-hydrogen) atoms. The Bertz CT molecular complexity index is 1300. The minimum absolute atomic E-state index is 0.176. The number of aromatic nitrogens is 2. The highest BCUT2D eigenvalue weighted by Gasteiger charge is 2.32. The van der Waals surface area contributed by atoms with Crippen LogP contribution in [0, 0.1) is 6.92 Å². The maximum Gasteiger partial charge on any atom is 0.416 e. The molecule has 0 fully saturated rings. The number of hydrogen-bond donors (Lipinski definition) is 1. The molecule has 1 N–H and O–H groups in total. The molecule has 2 aromatic carbocycles. The SMILES string of the molecule is Cc1c(Sc2cc(C(=O)O)cc(C(F)(F)F)c2)c2ccc(Cl)cc2n1-c1cccnc1. The molecule has 4 aromatic rings. The van der Waals surface area contributed by atoms with E-state index in [1.54, 1.807) is 36.7 Å². The molecular formula is C22H14ClF3N2O2S. The van der Waals surface area contributed by atoms with Crippen LogP contribution in [0.2, 0.25) is 5.02 Å². The van der Waals surface area contributed by atoms with Crippen molar-refractivity contribution in [3.8, 4) is 5.69 Å². The predicted molar refractivity (Wildman–Crippen MR) is 113 cm³/mol. The van der Waals surface area contributed by atoms with E-state index in [2.05, 4.69) is 4.98 Å². The molecule has 0 radical (unpaired) electrons. The maximum absolute atomic E-state index is 13.3. The Morgan fingerprint density at radius 3 is 2.58 bits per heavy atom. The quantitative estimate of drug-likeness (QED) is 0.360. The minimum atomic E-state index is -4.66. The van der Waals surface area contributed by atoms with Gasteiger partial charge in [-0.3, -0.25) is 4.98 Å². The lowest BCUT2D eigenvalue weighted by Gasteiger charge is -2.11. The number of fused-ring (bicyclic) bond motifs is 1. The van der Waals surface area contributed by atoms with Gasteiger partial charge in [-0.1, -0.05) is 29.4 Å². The first-order valence-corrected chi connectivity index (χ1v) is 10.2. The second-order valence-electron chi connectivity index (χ2n) is 6.77. The van der Waals surface area contributed by atoms with Crippen LogP contribution in [0.15, 0.2) is 70.7 Å². The van der Waals surface area contributed by atoms with Gasteiger partial charge >= 0.3 is 12.1 Å². The average molecular weight is 463 g/mol. The number of carboxylic acid groups (broad SMARTS) is 1. The Labute approximate surface area is 184 Å². The van der Waals surface area contributed by atoms with Crippen molar-refractivity contribution in [2.75, 3.05) is 0 Å². The summed E-state index contributed by atoms with van der Waals surface area (Å²) in [6.07, 6.45) is -1.34. The first kappa shape index (κ1) is 21.3. The number of hydrogen-bond acceptors (Lipinski definition) is 3. The Morgan fingerprint density at radius 2 is 1.94 bits per heavy atom. The summed E-state index contributed by atoms with van der Waals surface area (Å²) in [5, 5.41) is 10.6. The van der Waals surface area contributed by atoms with Gasteiger partial charge in [-0.2, -0.15) is 13.2 Å². The van der Waals surface area contributed by atoms with Crippen molar-refractivity contribution in [3.05, 3.63) is 82.8 Å². The molecular weight excluding hydrogens is 449 g/mol. The largest absolute Gasteiger partial charge is 0.478 e. The van der Waals surface area contributed by atoms with E-state index in [-0.39, 0.29) is 4.90 Å². The molecule has 2 heterocycles. The molecule has 0 saturated carbocycles. The van der Waals surface area contributed by atoms with Crippen molar-refractivity contribution in [3.63, 3.8) is 0 Å². The summed E-state index contributed by atoms with van der Waals surface area (Å²) < 4.78 is 41.9. The van der Waals surface area contributed by atoms with Crippen LogP contribution in [0.3, 0.4) is 0 Å². The van der Waals surface area contributed by atoms with Gasteiger partial charge in [0.1, 0.15) is 0 Å². The lowest BCUT2D eigenvalue weighted by molar-refractivity contribution is -0.137. The summed E-state index contributed by atoms with van der Waals surface area (Å²) >= 11 is 7.28. The second-order valence-corrected chi connectivity index (χ2v) is 8.29. The van der Waals surface area contributed by atoms with E-state index >= 15 is 0 Å². The van der Waals surface area contributed by atoms with Crippen molar-refractivity contribution in [2.24, 2.45) is 0 Å². The smallest absolute Gasteiger partial charge is 0.416 e. The van der Waals surface area contributed by atoms with Crippen molar-refractivity contribution in [1.82, 2.24) is 9.55 Å². The highest BCUT2D eigenvalue weighted by atomic mass is 35.5. The van der Waals surface area contributed by atoms with E-state index in [4.69, 9.17) is 11.6 Å². The molecule has 4 rings (SSSR count). The van der Waals surface area contributed by atoms with E-state index in [0.29, 0.717) is 16.0 Å². The van der Waals surface area contributed by atoms with Crippen LogP contribution in [0.4, 0.5) is 13.2 Å². The molecule has 0 saturated heterocycles. The van der Waals surface area contributed by atoms with Crippen LogP contribution >= 0.6 is 23.4 Å². The van der Waals surface area contributed by atoms with Crippen molar-refractivity contribution < 1.29 is 23.1 Å². The van der Waals surface area contributed by atoms with Crippen LogP contribution in [-0.2, 0) is 6.18 Å². The molecule has 0 amide bonds. The molecule has 0 unspecified atom stereocenters. The third kappa shape index (κ3) is 4.13. The van der Waals surface area contributed by atoms with Gasteiger partial charge in [-0.15, -0.1) is 0 Å². The standard InChI is InChI=1S/C22H14ClF3N2O2S/c1-12-20(31-17-8-13(21(29)30)7-14(9-17)22(24,25)26)18-5-4-15(23)10-19(18)28(12)16-3-2-6-27-11-16/h2-11H,1H3,(H,29,30). The molecule has 9 heteroatoms. The van der Waals surface area contributed by atoms with Crippen LogP contribution < -0.4 is 0 Å². The van der Waals surface area contributed by atoms with Gasteiger partial charge in [0.15, 0.2) is 0 Å². The van der Waals surface area contributed by atoms with E-state index in [0.717, 1.165) is 40.1 Å². The Balaban J connectivity index is 1.92. The van der Waals surface area contributed by atoms with Gasteiger partial charge in [0.05, 0.1) is 28.5 Å². The number of alkyl halides is 3. The van der Waals surface area contributed by atoms with Gasteiger partial charge in [0.2, 0.25) is 0 Å². The molecule has 0 bridgehead atoms. The van der Waals surface area contributed by atoms with Crippen molar-refractivity contribution in [1.29, 1.82) is 0 Å². The molecule has 4 nitrogen and oxygen atoms in total. The Kier molecular flexibility index (Phi) is 5.45. The van der Waals surface area contributed by atoms with Crippen molar-refractivity contribution in [2.45, 2.75) is 22.9 Å². The fourth-order valence-electron chi connectivity index (χ4n) is 3.37. The first-order chi connectivity index (χ1) is 14.6. The number of carboxylic acids is 1. The van der Waals surface area contributed by atoms with Gasteiger partial charge in [0, 0.05) is 32.1 Å². The third-order valence-electron chi connectivity index (χ3n) is 4.71. The van der Waals surface area contributed by atoms with Gasteiger partial charge < -0.3 is 9.67 Å². The van der Waals surface area contributed by atoms with Crippen LogP contribution in [0.1, 0.15) is 21.6 Å². The first-order valence-electron chi connectivity index (χ1n) is 8.99. The highest BCUT2D eigenvalue weighted by molar-refractivity contribution is 7.99. The zero-order valence-corrected chi connectivity index (χ0v) is 17.5. The number of carbonyl (C=O) groups is 1. The topological polar surface area (TPSA) is 55.1 Å². The van der Waals surface area contributed by atoms with Crippen molar-refractivity contribution >= 4 is 40.2 Å². The predicted octanol–water partition coefficient (Wildman–Crippen LogP) is 6.86. The normalized spacial score (nSPS) is 11.8. The van der Waals surface area contributed by atoms with E-state index in [1.807, 2.05) is 17.6 Å². The van der Waals surface area contributed by atoms with Crippen LogP contribution in [0.5, 0.6) is 0 Å². The summed E-state index contributed by atoms with van der Waals surface area (Å²) in [5.41, 5.74) is 0.880. The third-order valence-corrected chi connectivity index (χ3v) is 6.14. The Hall–Kier alpha value is -2.97. The Morgan fingerprint density at radius 1 is 1.16 bits per heavy atom. The molecule has 0 aliphatic rings. The number of benzene rings is 2. The van der Waals surface area contributed by atoms with Crippen LogP contribution in [0.25, 0.3) is 16.6 Å². The van der Waals surface area contributed by atoms with Gasteiger partial charge in [0.25, 0.3) is 0 Å². The fourth-order valence-corrected chi connectivity index (χ4v) is 4.66. The minimum Gasteiger partial charge on any atom is -0.478 e. The maximum atomic E-state index is 13.3. The number of halogens is 4. The van der Waals surface area contributed by atoms with Crippen LogP contribution in [-0.4, -0.2) is 20.6 Å². The summed E-state index contributed by atoms with van der Waals surface area (Å²) in [6, 6.07) is 11.8. The van der Waals surface area contributed by atoms with E-state index in [9.17, 15) is 23.1 Å². The summed E-state index contributed by atoms with van der Waals surface area (Å²) in [6.45, 7) is 1.84. The van der Waals surface area contributed by atoms with Gasteiger partial charge in [-0.25, -0.2) is 4.79 Å². The highest BCUT2D eigenvalue weighted by Crippen LogP contribution is 2.42. The average Bonchev–Trinajstić information content (AvgIpc) is 2.98. The second kappa shape index (κ2) is 7.94. The number of nitrogens with zero attached hydrogens (tertiary/aromatic N) is 2. The zero-order valence-electron chi connectivity index (χ0n) is 15.9. The molecule has 158 valence electrons. The lowest BCUT2D eigenvalue weighted by Crippen LogP contribution is -2.08. The summed E-state index contributed by atoms with van der Waals surface area (Å²) in [4.78, 5) is 16.4. The lowest BCUT2D eigenvalue weighted by atomic mass is 10.1. The zero-order chi connectivity index (χ0) is 22.3. The number of rotatable bonds is 4. The number of aromatic carboxylic acids is 1. The fraction of sp³-hybridized carbons (Fsp3) is 0.0909. The molecule has 0 aliphatic carbocycles. The van der Waals surface area contributed by atoms with E-state index in [1.165, 1.54) is 6.07 Å².